The summed E-state index contributed by atoms with van der Waals surface area (Å²) in [6.45, 7) is 5.09. The van der Waals surface area contributed by atoms with Crippen molar-refractivity contribution in [1.29, 1.82) is 0 Å². The Morgan fingerprint density at radius 2 is 1.93 bits per heavy atom. The van der Waals surface area contributed by atoms with Crippen LogP contribution in [0.2, 0.25) is 0 Å². The van der Waals surface area contributed by atoms with Crippen molar-refractivity contribution >= 4 is 5.91 Å². The van der Waals surface area contributed by atoms with Gasteiger partial charge in [0.15, 0.2) is 0 Å². The fourth-order valence-electron chi connectivity index (χ4n) is 2.02. The molecule has 0 heterocycles. The van der Waals surface area contributed by atoms with Crippen molar-refractivity contribution in [2.45, 2.75) is 45.6 Å². The molecule has 1 atom stereocenters. The molecule has 1 rings (SSSR count). The lowest BCUT2D eigenvalue weighted by Gasteiger charge is -2.25. The molecule has 1 fully saturated rings. The van der Waals surface area contributed by atoms with Gasteiger partial charge >= 0.3 is 0 Å². The van der Waals surface area contributed by atoms with Crippen LogP contribution < -0.4 is 10.6 Å². The van der Waals surface area contributed by atoms with Crippen molar-refractivity contribution in [1.82, 2.24) is 10.6 Å². The summed E-state index contributed by atoms with van der Waals surface area (Å²) in [7, 11) is 1.92. The van der Waals surface area contributed by atoms with E-state index in [1.165, 1.54) is 12.8 Å². The standard InChI is InChI=1S/C12H24N2O/c1-9-4-6-11(7-5-9)12(15)14-8-10(2)13-3/h9-11,13H,4-8H2,1-3H3,(H,14,15). The van der Waals surface area contributed by atoms with Gasteiger partial charge in [0.25, 0.3) is 0 Å². The SMILES string of the molecule is CNC(C)CNC(=O)C1CCC(C)CC1. The van der Waals surface area contributed by atoms with Gasteiger partial charge in [-0.15, -0.1) is 0 Å². The van der Waals surface area contributed by atoms with E-state index in [2.05, 4.69) is 24.5 Å². The van der Waals surface area contributed by atoms with Crippen LogP contribution in [-0.4, -0.2) is 25.5 Å². The molecule has 1 saturated carbocycles. The molecule has 1 amide bonds. The van der Waals surface area contributed by atoms with E-state index in [-0.39, 0.29) is 11.8 Å². The Labute approximate surface area is 93.0 Å². The third-order valence-corrected chi connectivity index (χ3v) is 3.46. The average Bonchev–Trinajstić information content (AvgIpc) is 2.26. The monoisotopic (exact) mass is 212 g/mol. The minimum absolute atomic E-state index is 0.254. The lowest BCUT2D eigenvalue weighted by Crippen LogP contribution is -2.40. The highest BCUT2D eigenvalue weighted by Gasteiger charge is 2.23. The highest BCUT2D eigenvalue weighted by atomic mass is 16.1. The summed E-state index contributed by atoms with van der Waals surface area (Å²) in [5.41, 5.74) is 0. The second-order valence-corrected chi connectivity index (χ2v) is 4.89. The molecule has 3 heteroatoms. The Morgan fingerprint density at radius 1 is 1.33 bits per heavy atom. The van der Waals surface area contributed by atoms with Crippen LogP contribution in [0.15, 0.2) is 0 Å². The predicted octanol–water partition coefficient (Wildman–Crippen LogP) is 1.54. The van der Waals surface area contributed by atoms with Gasteiger partial charge in [0.05, 0.1) is 0 Å². The van der Waals surface area contributed by atoms with E-state index in [0.717, 1.165) is 25.3 Å². The van der Waals surface area contributed by atoms with Gasteiger partial charge in [-0.25, -0.2) is 0 Å². The third kappa shape index (κ3) is 4.20. The first-order valence-corrected chi connectivity index (χ1v) is 6.08. The molecule has 0 aliphatic heterocycles. The summed E-state index contributed by atoms with van der Waals surface area (Å²) in [6, 6.07) is 0.358. The molecule has 15 heavy (non-hydrogen) atoms. The number of nitrogens with one attached hydrogen (secondary N) is 2. The van der Waals surface area contributed by atoms with Crippen molar-refractivity contribution in [3.05, 3.63) is 0 Å². The van der Waals surface area contributed by atoms with E-state index >= 15 is 0 Å². The quantitative estimate of drug-likeness (QED) is 0.742. The summed E-state index contributed by atoms with van der Waals surface area (Å²) >= 11 is 0. The largest absolute Gasteiger partial charge is 0.354 e. The summed E-state index contributed by atoms with van der Waals surface area (Å²) in [4.78, 5) is 11.8. The molecule has 88 valence electrons. The molecule has 0 saturated heterocycles. The van der Waals surface area contributed by atoms with Crippen molar-refractivity contribution < 1.29 is 4.79 Å². The third-order valence-electron chi connectivity index (χ3n) is 3.46. The van der Waals surface area contributed by atoms with Crippen molar-refractivity contribution in [3.8, 4) is 0 Å². The zero-order valence-electron chi connectivity index (χ0n) is 10.2. The first kappa shape index (κ1) is 12.5. The van der Waals surface area contributed by atoms with E-state index < -0.39 is 0 Å². The highest BCUT2D eigenvalue weighted by molar-refractivity contribution is 5.78. The van der Waals surface area contributed by atoms with Crippen LogP contribution in [0.5, 0.6) is 0 Å². The van der Waals surface area contributed by atoms with Crippen LogP contribution in [0.4, 0.5) is 0 Å². The van der Waals surface area contributed by atoms with Crippen LogP contribution in [-0.2, 0) is 4.79 Å². The summed E-state index contributed by atoms with van der Waals surface area (Å²) in [5.74, 6) is 1.33. The number of amides is 1. The minimum Gasteiger partial charge on any atom is -0.354 e. The second kappa shape index (κ2) is 6.11. The van der Waals surface area contributed by atoms with Gasteiger partial charge in [-0.2, -0.15) is 0 Å². The Balaban J connectivity index is 2.22. The molecule has 0 spiro atoms. The van der Waals surface area contributed by atoms with Gasteiger partial charge in [-0.05, 0) is 45.6 Å². The number of carbonyl (C=O) groups excluding carboxylic acids is 1. The first-order chi connectivity index (χ1) is 7.13. The Kier molecular flexibility index (Phi) is 5.09. The maximum Gasteiger partial charge on any atom is 0.223 e. The van der Waals surface area contributed by atoms with Gasteiger partial charge in [0.1, 0.15) is 0 Å². The van der Waals surface area contributed by atoms with Crippen molar-refractivity contribution in [3.63, 3.8) is 0 Å². The fraction of sp³-hybridized carbons (Fsp3) is 0.917. The summed E-state index contributed by atoms with van der Waals surface area (Å²) in [5, 5.41) is 6.13. The Bertz CT molecular complexity index is 198. The lowest BCUT2D eigenvalue weighted by molar-refractivity contribution is -0.126. The molecule has 1 unspecified atom stereocenters. The molecule has 1 aliphatic rings. The topological polar surface area (TPSA) is 41.1 Å². The number of rotatable bonds is 4. The van der Waals surface area contributed by atoms with Gasteiger partial charge < -0.3 is 10.6 Å². The zero-order chi connectivity index (χ0) is 11.3. The van der Waals surface area contributed by atoms with Crippen molar-refractivity contribution in [2.24, 2.45) is 11.8 Å². The van der Waals surface area contributed by atoms with Gasteiger partial charge in [-0.3, -0.25) is 4.79 Å². The van der Waals surface area contributed by atoms with E-state index in [1.54, 1.807) is 0 Å². The maximum atomic E-state index is 11.8. The smallest absolute Gasteiger partial charge is 0.223 e. The summed E-state index contributed by atoms with van der Waals surface area (Å²) < 4.78 is 0. The molecular weight excluding hydrogens is 188 g/mol. The summed E-state index contributed by atoms with van der Waals surface area (Å²) in [6.07, 6.45) is 4.56. The lowest BCUT2D eigenvalue weighted by atomic mass is 9.82. The number of hydrogen-bond acceptors (Lipinski definition) is 2. The Hall–Kier alpha value is -0.570. The molecule has 3 nitrogen and oxygen atoms in total. The molecule has 0 aromatic heterocycles. The van der Waals surface area contributed by atoms with Gasteiger partial charge in [0, 0.05) is 18.5 Å². The molecule has 0 aromatic rings. The Morgan fingerprint density at radius 3 is 2.47 bits per heavy atom. The molecule has 1 aliphatic carbocycles. The van der Waals surface area contributed by atoms with Gasteiger partial charge in [-0.1, -0.05) is 6.92 Å². The second-order valence-electron chi connectivity index (χ2n) is 4.89. The van der Waals surface area contributed by atoms with Crippen LogP contribution in [0.3, 0.4) is 0 Å². The molecule has 0 radical (unpaired) electrons. The van der Waals surface area contributed by atoms with Crippen LogP contribution >= 0.6 is 0 Å². The average molecular weight is 212 g/mol. The normalized spacial score (nSPS) is 28.5. The highest BCUT2D eigenvalue weighted by Crippen LogP contribution is 2.28. The van der Waals surface area contributed by atoms with E-state index in [9.17, 15) is 4.79 Å². The maximum absolute atomic E-state index is 11.8. The van der Waals surface area contributed by atoms with E-state index in [4.69, 9.17) is 0 Å². The number of hydrogen-bond donors (Lipinski definition) is 2. The van der Waals surface area contributed by atoms with E-state index in [0.29, 0.717) is 6.04 Å². The van der Waals surface area contributed by atoms with E-state index in [1.807, 2.05) is 7.05 Å². The minimum atomic E-state index is 0.254. The van der Waals surface area contributed by atoms with Crippen molar-refractivity contribution in [2.75, 3.05) is 13.6 Å². The first-order valence-electron chi connectivity index (χ1n) is 6.08. The van der Waals surface area contributed by atoms with Crippen LogP contribution in [0.25, 0.3) is 0 Å². The predicted molar refractivity (Wildman–Crippen MR) is 62.7 cm³/mol. The molecule has 2 N–H and O–H groups in total. The van der Waals surface area contributed by atoms with Gasteiger partial charge in [0.2, 0.25) is 5.91 Å². The molecule has 0 bridgehead atoms. The number of carbonyl (C=O) groups is 1. The van der Waals surface area contributed by atoms with Crippen LogP contribution in [0.1, 0.15) is 39.5 Å². The zero-order valence-corrected chi connectivity index (χ0v) is 10.2. The molecule has 0 aromatic carbocycles. The number of likely N-dealkylation sites (N-methyl/N-ethyl adjacent to an activating group) is 1. The molecular formula is C12H24N2O. The van der Waals surface area contributed by atoms with Crippen LogP contribution in [0, 0.1) is 11.8 Å². The fourth-order valence-corrected chi connectivity index (χ4v) is 2.02.